The molecule has 4 unspecified atom stereocenters. The normalized spacial score (nSPS) is 38.7. The van der Waals surface area contributed by atoms with Crippen molar-refractivity contribution in [3.05, 3.63) is 0 Å². The van der Waals surface area contributed by atoms with Crippen LogP contribution in [0.1, 0.15) is 45.4 Å². The summed E-state index contributed by atoms with van der Waals surface area (Å²) in [5.74, 6) is 1.74. The maximum Gasteiger partial charge on any atom is 0.191 e. The Bertz CT molecular complexity index is 423. The number of hydrogen-bond donors (Lipinski definition) is 2. The van der Waals surface area contributed by atoms with Gasteiger partial charge in [0.05, 0.1) is 18.2 Å². The van der Waals surface area contributed by atoms with Crippen LogP contribution >= 0.6 is 0 Å². The molecule has 3 aliphatic heterocycles. The van der Waals surface area contributed by atoms with E-state index in [1.165, 1.54) is 45.2 Å². The first kappa shape index (κ1) is 14.8. The number of likely N-dealkylation sites (tertiary alicyclic amines) is 1. The third kappa shape index (κ3) is 3.25. The molecule has 124 valence electrons. The van der Waals surface area contributed by atoms with Crippen LogP contribution in [-0.4, -0.2) is 61.3 Å². The van der Waals surface area contributed by atoms with E-state index in [0.717, 1.165) is 37.4 Å². The van der Waals surface area contributed by atoms with Crippen LogP contribution in [0.3, 0.4) is 0 Å². The molecule has 22 heavy (non-hydrogen) atoms. The van der Waals surface area contributed by atoms with Gasteiger partial charge in [0.15, 0.2) is 5.96 Å². The molecule has 4 fully saturated rings. The molecule has 0 aromatic carbocycles. The highest BCUT2D eigenvalue weighted by atomic mass is 16.5. The van der Waals surface area contributed by atoms with Gasteiger partial charge in [-0.15, -0.1) is 0 Å². The summed E-state index contributed by atoms with van der Waals surface area (Å²) >= 11 is 0. The Morgan fingerprint density at radius 2 is 2.14 bits per heavy atom. The highest BCUT2D eigenvalue weighted by Gasteiger charge is 2.41. The summed E-state index contributed by atoms with van der Waals surface area (Å²) < 4.78 is 5.94. The van der Waals surface area contributed by atoms with Gasteiger partial charge in [-0.25, -0.2) is 0 Å². The van der Waals surface area contributed by atoms with Gasteiger partial charge in [-0.3, -0.25) is 4.99 Å². The van der Waals surface area contributed by atoms with Gasteiger partial charge in [-0.2, -0.15) is 0 Å². The molecule has 4 rings (SSSR count). The molecule has 1 aliphatic carbocycles. The van der Waals surface area contributed by atoms with Crippen LogP contribution in [-0.2, 0) is 4.74 Å². The van der Waals surface area contributed by atoms with E-state index in [-0.39, 0.29) is 0 Å². The summed E-state index contributed by atoms with van der Waals surface area (Å²) in [7, 11) is 0. The summed E-state index contributed by atoms with van der Waals surface area (Å²) in [6.07, 6.45) is 8.66. The minimum absolute atomic E-state index is 0.408. The Kier molecular flexibility index (Phi) is 4.27. The van der Waals surface area contributed by atoms with Crippen molar-refractivity contribution < 1.29 is 4.74 Å². The van der Waals surface area contributed by atoms with E-state index in [1.807, 2.05) is 0 Å². The van der Waals surface area contributed by atoms with Gasteiger partial charge in [0.1, 0.15) is 0 Å². The molecule has 0 amide bonds. The van der Waals surface area contributed by atoms with E-state index >= 15 is 0 Å². The lowest BCUT2D eigenvalue weighted by Crippen LogP contribution is -2.47. The zero-order valence-electron chi connectivity index (χ0n) is 13.8. The molecule has 0 spiro atoms. The van der Waals surface area contributed by atoms with Crippen molar-refractivity contribution in [2.24, 2.45) is 10.9 Å². The van der Waals surface area contributed by atoms with E-state index in [2.05, 4.69) is 22.5 Å². The standard InChI is InChI=1S/C17H30N4O/c1-2-18-17(20-15-9-14-5-6-16(15)22-14)19-10-12-7-8-21(11-12)13-3-4-13/h12-16H,2-11H2,1H3,(H2,18,19,20). The van der Waals surface area contributed by atoms with Gasteiger partial charge in [0.2, 0.25) is 0 Å². The van der Waals surface area contributed by atoms with Crippen molar-refractivity contribution >= 4 is 5.96 Å². The minimum Gasteiger partial charge on any atom is -0.373 e. The molecule has 4 atom stereocenters. The minimum atomic E-state index is 0.408. The highest BCUT2D eigenvalue weighted by molar-refractivity contribution is 5.80. The Hall–Kier alpha value is -0.810. The molecule has 4 aliphatic rings. The summed E-state index contributed by atoms with van der Waals surface area (Å²) in [4.78, 5) is 7.54. The van der Waals surface area contributed by atoms with Crippen LogP contribution in [0, 0.1) is 5.92 Å². The average molecular weight is 306 g/mol. The van der Waals surface area contributed by atoms with Gasteiger partial charge in [0.25, 0.3) is 0 Å². The SMILES string of the molecule is CCNC(=NCC1CCN(C2CC2)C1)NC1CC2CCC1O2. The second-order valence-electron chi connectivity index (χ2n) is 7.46. The summed E-state index contributed by atoms with van der Waals surface area (Å²) in [6.45, 7) is 6.56. The Morgan fingerprint density at radius 1 is 1.23 bits per heavy atom. The topological polar surface area (TPSA) is 48.9 Å². The lowest BCUT2D eigenvalue weighted by Gasteiger charge is -2.23. The molecule has 5 heteroatoms. The highest BCUT2D eigenvalue weighted by Crippen LogP contribution is 2.34. The van der Waals surface area contributed by atoms with Crippen molar-refractivity contribution in [1.82, 2.24) is 15.5 Å². The van der Waals surface area contributed by atoms with E-state index in [1.54, 1.807) is 0 Å². The predicted octanol–water partition coefficient (Wildman–Crippen LogP) is 1.35. The maximum atomic E-state index is 5.94. The van der Waals surface area contributed by atoms with Gasteiger partial charge >= 0.3 is 0 Å². The molecule has 1 saturated carbocycles. The molecule has 3 heterocycles. The quantitative estimate of drug-likeness (QED) is 0.594. The Morgan fingerprint density at radius 3 is 2.82 bits per heavy atom. The Balaban J connectivity index is 1.29. The molecule has 0 radical (unpaired) electrons. The summed E-state index contributed by atoms with van der Waals surface area (Å²) in [5, 5.41) is 7.03. The van der Waals surface area contributed by atoms with Crippen LogP contribution in [0.25, 0.3) is 0 Å². The molecule has 0 aromatic rings. The molecule has 2 bridgehead atoms. The number of aliphatic imine (C=N–C) groups is 1. The zero-order chi connectivity index (χ0) is 14.9. The Labute approximate surface area is 133 Å². The largest absolute Gasteiger partial charge is 0.373 e. The first-order valence-corrected chi connectivity index (χ1v) is 9.26. The van der Waals surface area contributed by atoms with Crippen LogP contribution < -0.4 is 10.6 Å². The number of hydrogen-bond acceptors (Lipinski definition) is 3. The zero-order valence-corrected chi connectivity index (χ0v) is 13.8. The number of rotatable bonds is 5. The first-order chi connectivity index (χ1) is 10.8. The molecule has 0 aromatic heterocycles. The van der Waals surface area contributed by atoms with Gasteiger partial charge in [-0.1, -0.05) is 0 Å². The van der Waals surface area contributed by atoms with Gasteiger partial charge in [0, 0.05) is 25.7 Å². The van der Waals surface area contributed by atoms with Crippen LogP contribution in [0.15, 0.2) is 4.99 Å². The first-order valence-electron chi connectivity index (χ1n) is 9.26. The molecular weight excluding hydrogens is 276 g/mol. The summed E-state index contributed by atoms with van der Waals surface area (Å²) in [6, 6.07) is 1.37. The maximum absolute atomic E-state index is 5.94. The fourth-order valence-corrected chi connectivity index (χ4v) is 4.29. The predicted molar refractivity (Wildman–Crippen MR) is 88.1 cm³/mol. The van der Waals surface area contributed by atoms with Crippen molar-refractivity contribution in [1.29, 1.82) is 0 Å². The second-order valence-corrected chi connectivity index (χ2v) is 7.46. The second kappa shape index (κ2) is 6.36. The van der Waals surface area contributed by atoms with Crippen LogP contribution in [0.5, 0.6) is 0 Å². The molecule has 5 nitrogen and oxygen atoms in total. The smallest absolute Gasteiger partial charge is 0.191 e. The van der Waals surface area contributed by atoms with E-state index in [9.17, 15) is 0 Å². The van der Waals surface area contributed by atoms with E-state index < -0.39 is 0 Å². The van der Waals surface area contributed by atoms with Crippen LogP contribution in [0.2, 0.25) is 0 Å². The van der Waals surface area contributed by atoms with E-state index in [0.29, 0.717) is 18.2 Å². The average Bonchev–Trinajstić information content (AvgIpc) is 2.96. The van der Waals surface area contributed by atoms with Crippen molar-refractivity contribution in [3.8, 4) is 0 Å². The number of nitrogens with zero attached hydrogens (tertiary/aromatic N) is 2. The van der Waals surface area contributed by atoms with Crippen molar-refractivity contribution in [3.63, 3.8) is 0 Å². The fourth-order valence-electron chi connectivity index (χ4n) is 4.29. The van der Waals surface area contributed by atoms with Crippen molar-refractivity contribution in [2.45, 2.75) is 69.7 Å². The third-order valence-electron chi connectivity index (χ3n) is 5.66. The third-order valence-corrected chi connectivity index (χ3v) is 5.66. The number of ether oxygens (including phenoxy) is 1. The van der Waals surface area contributed by atoms with Crippen LogP contribution in [0.4, 0.5) is 0 Å². The lowest BCUT2D eigenvalue weighted by atomic mass is 9.96. The van der Waals surface area contributed by atoms with Gasteiger partial charge in [-0.05, 0) is 57.9 Å². The molecule has 2 N–H and O–H groups in total. The van der Waals surface area contributed by atoms with Crippen molar-refractivity contribution in [2.75, 3.05) is 26.2 Å². The molecular formula is C17H30N4O. The fraction of sp³-hybridized carbons (Fsp3) is 0.941. The monoisotopic (exact) mass is 306 g/mol. The number of guanidine groups is 1. The van der Waals surface area contributed by atoms with E-state index in [4.69, 9.17) is 9.73 Å². The lowest BCUT2D eigenvalue weighted by molar-refractivity contribution is 0.0992. The number of fused-ring (bicyclic) bond motifs is 2. The molecule has 3 saturated heterocycles. The number of nitrogens with one attached hydrogen (secondary N) is 2. The van der Waals surface area contributed by atoms with Gasteiger partial charge < -0.3 is 20.3 Å². The summed E-state index contributed by atoms with van der Waals surface area (Å²) in [5.41, 5.74) is 0.